The summed E-state index contributed by atoms with van der Waals surface area (Å²) in [5.41, 5.74) is 0.880. The summed E-state index contributed by atoms with van der Waals surface area (Å²) in [7, 11) is 1.60. The Kier molecular flexibility index (Phi) is 6.15. The lowest BCUT2D eigenvalue weighted by Crippen LogP contribution is -2.26. The normalized spacial score (nSPS) is 10.3. The van der Waals surface area contributed by atoms with E-state index in [2.05, 4.69) is 21.2 Å². The van der Waals surface area contributed by atoms with Crippen LogP contribution in [0.25, 0.3) is 0 Å². The Morgan fingerprint density at radius 2 is 2.29 bits per heavy atom. The van der Waals surface area contributed by atoms with Crippen LogP contribution in [0.15, 0.2) is 18.2 Å². The van der Waals surface area contributed by atoms with Crippen LogP contribution in [0.5, 0.6) is 0 Å². The van der Waals surface area contributed by atoms with E-state index in [-0.39, 0.29) is 11.5 Å². The minimum absolute atomic E-state index is 0.0760. The maximum Gasteiger partial charge on any atom is 0.254 e. The van der Waals surface area contributed by atoms with Crippen LogP contribution >= 0.6 is 15.9 Å². The van der Waals surface area contributed by atoms with Crippen molar-refractivity contribution in [3.05, 3.63) is 35.1 Å². The molecule has 0 unspecified atom stereocenters. The number of carbonyl (C=O) groups excluding carboxylic acids is 1. The van der Waals surface area contributed by atoms with Crippen LogP contribution in [0, 0.1) is 5.82 Å². The van der Waals surface area contributed by atoms with E-state index in [0.717, 1.165) is 5.56 Å². The van der Waals surface area contributed by atoms with Gasteiger partial charge >= 0.3 is 0 Å². The van der Waals surface area contributed by atoms with Gasteiger partial charge in [0.15, 0.2) is 0 Å². The topological polar surface area (TPSA) is 38.3 Å². The summed E-state index contributed by atoms with van der Waals surface area (Å²) in [5.74, 6) is -0.883. The monoisotopic (exact) mass is 303 g/mol. The quantitative estimate of drug-likeness (QED) is 0.648. The van der Waals surface area contributed by atoms with E-state index < -0.39 is 5.82 Å². The fourth-order valence-electron chi connectivity index (χ4n) is 1.34. The highest BCUT2D eigenvalue weighted by atomic mass is 79.9. The van der Waals surface area contributed by atoms with E-state index in [1.54, 1.807) is 13.2 Å². The van der Waals surface area contributed by atoms with Crippen LogP contribution in [-0.2, 0) is 10.1 Å². The van der Waals surface area contributed by atoms with Crippen molar-refractivity contribution in [2.75, 3.05) is 20.3 Å². The first-order valence-corrected chi connectivity index (χ1v) is 6.42. The maximum absolute atomic E-state index is 13.6. The van der Waals surface area contributed by atoms with Gasteiger partial charge in [-0.2, -0.15) is 0 Å². The second kappa shape index (κ2) is 7.40. The zero-order valence-corrected chi connectivity index (χ0v) is 11.2. The van der Waals surface area contributed by atoms with E-state index in [0.29, 0.717) is 24.9 Å². The van der Waals surface area contributed by atoms with Crippen LogP contribution in [-0.4, -0.2) is 26.2 Å². The van der Waals surface area contributed by atoms with E-state index in [9.17, 15) is 9.18 Å². The number of hydrogen-bond acceptors (Lipinski definition) is 2. The number of alkyl halides is 1. The van der Waals surface area contributed by atoms with Crippen molar-refractivity contribution in [3.63, 3.8) is 0 Å². The Labute approximate surface area is 108 Å². The van der Waals surface area contributed by atoms with Crippen molar-refractivity contribution in [3.8, 4) is 0 Å². The predicted molar refractivity (Wildman–Crippen MR) is 67.9 cm³/mol. The molecule has 1 aromatic rings. The minimum Gasteiger partial charge on any atom is -0.385 e. The van der Waals surface area contributed by atoms with E-state index in [1.165, 1.54) is 12.1 Å². The van der Waals surface area contributed by atoms with Gasteiger partial charge in [-0.15, -0.1) is 0 Å². The molecule has 0 spiro atoms. The van der Waals surface area contributed by atoms with Crippen molar-refractivity contribution in [1.29, 1.82) is 0 Å². The lowest BCUT2D eigenvalue weighted by molar-refractivity contribution is 0.0944. The van der Waals surface area contributed by atoms with Gasteiger partial charge in [-0.05, 0) is 24.1 Å². The molecule has 0 saturated heterocycles. The van der Waals surface area contributed by atoms with Gasteiger partial charge < -0.3 is 10.1 Å². The largest absolute Gasteiger partial charge is 0.385 e. The SMILES string of the molecule is COCCCNC(=O)c1ccc(CBr)cc1F. The molecule has 0 aliphatic rings. The summed E-state index contributed by atoms with van der Waals surface area (Å²) in [5, 5.41) is 3.21. The third-order valence-corrected chi connectivity index (χ3v) is 2.89. The highest BCUT2D eigenvalue weighted by Crippen LogP contribution is 2.12. The fourth-order valence-corrected chi connectivity index (χ4v) is 1.69. The van der Waals surface area contributed by atoms with Crippen molar-refractivity contribution >= 4 is 21.8 Å². The molecule has 0 aliphatic carbocycles. The molecule has 0 radical (unpaired) electrons. The summed E-state index contributed by atoms with van der Waals surface area (Å²) in [6, 6.07) is 4.58. The average Bonchev–Trinajstić information content (AvgIpc) is 2.34. The molecule has 0 saturated carbocycles. The highest BCUT2D eigenvalue weighted by molar-refractivity contribution is 9.08. The van der Waals surface area contributed by atoms with Crippen LogP contribution < -0.4 is 5.32 Å². The lowest BCUT2D eigenvalue weighted by atomic mass is 10.1. The van der Waals surface area contributed by atoms with Crippen molar-refractivity contribution in [2.45, 2.75) is 11.8 Å². The van der Waals surface area contributed by atoms with Crippen LogP contribution in [0.1, 0.15) is 22.3 Å². The molecule has 1 aromatic carbocycles. The van der Waals surface area contributed by atoms with E-state index in [1.807, 2.05) is 0 Å². The zero-order valence-electron chi connectivity index (χ0n) is 9.63. The molecule has 17 heavy (non-hydrogen) atoms. The lowest BCUT2D eigenvalue weighted by Gasteiger charge is -2.06. The number of carbonyl (C=O) groups is 1. The number of benzene rings is 1. The Bertz CT molecular complexity index is 385. The number of hydrogen-bond donors (Lipinski definition) is 1. The van der Waals surface area contributed by atoms with Gasteiger partial charge in [-0.3, -0.25) is 4.79 Å². The molecular weight excluding hydrogens is 289 g/mol. The summed E-state index contributed by atoms with van der Waals surface area (Å²) < 4.78 is 18.4. The summed E-state index contributed by atoms with van der Waals surface area (Å²) >= 11 is 3.23. The van der Waals surface area contributed by atoms with E-state index >= 15 is 0 Å². The molecule has 94 valence electrons. The first-order valence-electron chi connectivity index (χ1n) is 5.30. The number of ether oxygens (including phenoxy) is 1. The summed E-state index contributed by atoms with van der Waals surface area (Å²) in [6.45, 7) is 1.05. The standard InChI is InChI=1S/C12H15BrFNO2/c1-17-6-2-5-15-12(16)10-4-3-9(8-13)7-11(10)14/h3-4,7H,2,5-6,8H2,1H3,(H,15,16). The molecule has 0 atom stereocenters. The van der Waals surface area contributed by atoms with Crippen LogP contribution in [0.2, 0.25) is 0 Å². The van der Waals surface area contributed by atoms with Crippen molar-refractivity contribution < 1.29 is 13.9 Å². The molecule has 3 nitrogen and oxygen atoms in total. The molecule has 0 heterocycles. The predicted octanol–water partition coefficient (Wildman–Crippen LogP) is 2.49. The van der Waals surface area contributed by atoms with Crippen molar-refractivity contribution in [2.24, 2.45) is 0 Å². The first-order chi connectivity index (χ1) is 8.19. The number of amides is 1. The Morgan fingerprint density at radius 1 is 1.53 bits per heavy atom. The number of rotatable bonds is 6. The molecular formula is C12H15BrFNO2. The molecule has 5 heteroatoms. The van der Waals surface area contributed by atoms with Gasteiger partial charge in [0.25, 0.3) is 5.91 Å². The second-order valence-electron chi connectivity index (χ2n) is 3.55. The summed E-state index contributed by atoms with van der Waals surface area (Å²) in [4.78, 5) is 11.6. The Morgan fingerprint density at radius 3 is 2.88 bits per heavy atom. The molecule has 1 rings (SSSR count). The number of nitrogens with one attached hydrogen (secondary N) is 1. The zero-order chi connectivity index (χ0) is 12.7. The Hall–Kier alpha value is -0.940. The van der Waals surface area contributed by atoms with Gasteiger partial charge in [0, 0.05) is 25.6 Å². The van der Waals surface area contributed by atoms with Crippen molar-refractivity contribution in [1.82, 2.24) is 5.32 Å². The maximum atomic E-state index is 13.6. The number of methoxy groups -OCH3 is 1. The fraction of sp³-hybridized carbons (Fsp3) is 0.417. The molecule has 0 aliphatic heterocycles. The van der Waals surface area contributed by atoms with Gasteiger partial charge in [0.1, 0.15) is 5.82 Å². The summed E-state index contributed by atoms with van der Waals surface area (Å²) in [6.07, 6.45) is 0.712. The first kappa shape index (κ1) is 14.1. The third kappa shape index (κ3) is 4.44. The average molecular weight is 304 g/mol. The second-order valence-corrected chi connectivity index (χ2v) is 4.11. The Balaban J connectivity index is 2.57. The molecule has 0 bridgehead atoms. The smallest absolute Gasteiger partial charge is 0.254 e. The molecule has 0 fully saturated rings. The molecule has 1 N–H and O–H groups in total. The van der Waals surface area contributed by atoms with Gasteiger partial charge in [0.2, 0.25) is 0 Å². The van der Waals surface area contributed by atoms with Gasteiger partial charge in [-0.25, -0.2) is 4.39 Å². The van der Waals surface area contributed by atoms with Crippen LogP contribution in [0.3, 0.4) is 0 Å². The molecule has 1 amide bonds. The van der Waals surface area contributed by atoms with Gasteiger partial charge in [0.05, 0.1) is 5.56 Å². The van der Waals surface area contributed by atoms with E-state index in [4.69, 9.17) is 4.74 Å². The van der Waals surface area contributed by atoms with Gasteiger partial charge in [-0.1, -0.05) is 22.0 Å². The van der Waals surface area contributed by atoms with Crippen LogP contribution in [0.4, 0.5) is 4.39 Å². The number of halogens is 2. The molecule has 0 aromatic heterocycles. The minimum atomic E-state index is -0.494. The highest BCUT2D eigenvalue weighted by Gasteiger charge is 2.11. The third-order valence-electron chi connectivity index (χ3n) is 2.24.